The number of carbonyl (C=O) groups is 1. The maximum atomic E-state index is 12.5. The quantitative estimate of drug-likeness (QED) is 0.634. The first kappa shape index (κ1) is 23.9. The van der Waals surface area contributed by atoms with Gasteiger partial charge in [0.1, 0.15) is 0 Å². The fourth-order valence-corrected chi connectivity index (χ4v) is 4.66. The number of nitrogens with zero attached hydrogens (tertiary/aromatic N) is 1. The minimum Gasteiger partial charge on any atom is -0.337 e. The molecule has 2 aromatic rings. The molecule has 0 atom stereocenters. The number of hydrogen-bond acceptors (Lipinski definition) is 3. The van der Waals surface area contributed by atoms with E-state index in [2.05, 4.69) is 49.6 Å². The molecule has 0 aliphatic rings. The SMILES string of the molecule is CCN(CC)S(=O)(=O)c1ccc(CNC(=O)NCC(C)(C)c2cccc(C)c2)cc1. The van der Waals surface area contributed by atoms with Gasteiger partial charge in [0.2, 0.25) is 10.0 Å². The summed E-state index contributed by atoms with van der Waals surface area (Å²) in [5.74, 6) is 0. The minimum atomic E-state index is -3.47. The third kappa shape index (κ3) is 6.06. The number of rotatable bonds is 9. The normalized spacial score (nSPS) is 12.1. The first-order chi connectivity index (χ1) is 14.1. The summed E-state index contributed by atoms with van der Waals surface area (Å²) in [4.78, 5) is 12.5. The van der Waals surface area contributed by atoms with Crippen LogP contribution in [0.15, 0.2) is 53.4 Å². The molecule has 0 aliphatic heterocycles. The predicted octanol–water partition coefficient (Wildman–Crippen LogP) is 3.80. The van der Waals surface area contributed by atoms with Crippen LogP contribution < -0.4 is 10.6 Å². The fourth-order valence-electron chi connectivity index (χ4n) is 3.21. The van der Waals surface area contributed by atoms with Gasteiger partial charge in [-0.1, -0.05) is 69.7 Å². The topological polar surface area (TPSA) is 78.5 Å². The maximum Gasteiger partial charge on any atom is 0.315 e. The maximum absolute atomic E-state index is 12.5. The average Bonchev–Trinajstić information content (AvgIpc) is 2.72. The fraction of sp³-hybridized carbons (Fsp3) is 0.435. The lowest BCUT2D eigenvalue weighted by atomic mass is 9.84. The van der Waals surface area contributed by atoms with Crippen LogP contribution in [-0.2, 0) is 22.0 Å². The lowest BCUT2D eigenvalue weighted by molar-refractivity contribution is 0.238. The Morgan fingerprint density at radius 1 is 1.00 bits per heavy atom. The molecular weight excluding hydrogens is 398 g/mol. The molecule has 0 aromatic heterocycles. The van der Waals surface area contributed by atoms with E-state index >= 15 is 0 Å². The van der Waals surface area contributed by atoms with Crippen LogP contribution in [0.1, 0.15) is 44.4 Å². The van der Waals surface area contributed by atoms with Crippen molar-refractivity contribution in [2.75, 3.05) is 19.6 Å². The number of urea groups is 1. The number of nitrogens with one attached hydrogen (secondary N) is 2. The third-order valence-electron chi connectivity index (χ3n) is 5.21. The van der Waals surface area contributed by atoms with Crippen LogP contribution in [-0.4, -0.2) is 38.4 Å². The van der Waals surface area contributed by atoms with E-state index in [0.29, 0.717) is 26.2 Å². The van der Waals surface area contributed by atoms with Crippen molar-refractivity contribution in [3.63, 3.8) is 0 Å². The molecule has 6 nitrogen and oxygen atoms in total. The van der Waals surface area contributed by atoms with Crippen LogP contribution >= 0.6 is 0 Å². The second-order valence-electron chi connectivity index (χ2n) is 8.02. The summed E-state index contributed by atoms with van der Waals surface area (Å²) in [6.07, 6.45) is 0. The molecule has 0 heterocycles. The first-order valence-electron chi connectivity index (χ1n) is 10.3. The first-order valence-corrected chi connectivity index (χ1v) is 11.7. The standard InChI is InChI=1S/C23H33N3O3S/c1-6-26(7-2)30(28,29)21-13-11-19(12-14-21)16-24-22(27)25-17-23(4,5)20-10-8-9-18(3)15-20/h8-15H,6-7,16-17H2,1-5H3,(H2,24,25,27). The molecule has 0 fully saturated rings. The Bertz CT molecular complexity index is 950. The van der Waals surface area contributed by atoms with Crippen LogP contribution in [0.2, 0.25) is 0 Å². The van der Waals surface area contributed by atoms with E-state index in [4.69, 9.17) is 0 Å². The van der Waals surface area contributed by atoms with Crippen LogP contribution in [0.5, 0.6) is 0 Å². The van der Waals surface area contributed by atoms with Crippen molar-refractivity contribution < 1.29 is 13.2 Å². The van der Waals surface area contributed by atoms with Crippen molar-refractivity contribution in [1.82, 2.24) is 14.9 Å². The van der Waals surface area contributed by atoms with Crippen LogP contribution in [0.25, 0.3) is 0 Å². The number of hydrogen-bond donors (Lipinski definition) is 2. The van der Waals surface area contributed by atoms with Gasteiger partial charge in [0.05, 0.1) is 4.90 Å². The minimum absolute atomic E-state index is 0.191. The number of sulfonamides is 1. The molecule has 30 heavy (non-hydrogen) atoms. The highest BCUT2D eigenvalue weighted by Crippen LogP contribution is 2.23. The molecule has 0 radical (unpaired) electrons. The van der Waals surface area contributed by atoms with Gasteiger partial charge in [-0.05, 0) is 30.2 Å². The third-order valence-corrected chi connectivity index (χ3v) is 7.27. The van der Waals surface area contributed by atoms with Gasteiger partial charge in [-0.25, -0.2) is 13.2 Å². The highest BCUT2D eigenvalue weighted by Gasteiger charge is 2.22. The molecular formula is C23H33N3O3S. The van der Waals surface area contributed by atoms with Gasteiger partial charge in [-0.15, -0.1) is 0 Å². The zero-order valence-electron chi connectivity index (χ0n) is 18.5. The molecule has 0 aliphatic carbocycles. The zero-order chi connectivity index (χ0) is 22.4. The van der Waals surface area contributed by atoms with Crippen LogP contribution in [0, 0.1) is 6.92 Å². The summed E-state index contributed by atoms with van der Waals surface area (Å²) in [5, 5.41) is 5.75. The van der Waals surface area contributed by atoms with Gasteiger partial charge < -0.3 is 10.6 Å². The van der Waals surface area contributed by atoms with Crippen molar-refractivity contribution in [1.29, 1.82) is 0 Å². The van der Waals surface area contributed by atoms with E-state index in [1.54, 1.807) is 24.3 Å². The predicted molar refractivity (Wildman–Crippen MR) is 121 cm³/mol. The van der Waals surface area contributed by atoms with Gasteiger partial charge in [0.15, 0.2) is 0 Å². The summed E-state index contributed by atoms with van der Waals surface area (Å²) < 4.78 is 26.5. The van der Waals surface area contributed by atoms with Crippen molar-refractivity contribution in [2.45, 2.75) is 51.5 Å². The summed E-state index contributed by atoms with van der Waals surface area (Å²) in [6.45, 7) is 11.6. The van der Waals surface area contributed by atoms with E-state index in [-0.39, 0.29) is 16.3 Å². The van der Waals surface area contributed by atoms with Crippen molar-refractivity contribution in [2.24, 2.45) is 0 Å². The summed E-state index contributed by atoms with van der Waals surface area (Å²) >= 11 is 0. The Morgan fingerprint density at radius 3 is 2.20 bits per heavy atom. The van der Waals surface area contributed by atoms with Gasteiger partial charge in [-0.2, -0.15) is 4.31 Å². The van der Waals surface area contributed by atoms with E-state index in [1.807, 2.05) is 19.9 Å². The van der Waals surface area contributed by atoms with E-state index in [1.165, 1.54) is 15.4 Å². The summed E-state index contributed by atoms with van der Waals surface area (Å²) in [6, 6.07) is 14.7. The Morgan fingerprint density at radius 2 is 1.63 bits per heavy atom. The van der Waals surface area contributed by atoms with Crippen molar-refractivity contribution in [3.8, 4) is 0 Å². The van der Waals surface area contributed by atoms with Gasteiger partial charge >= 0.3 is 6.03 Å². The molecule has 2 amide bonds. The lowest BCUT2D eigenvalue weighted by Crippen LogP contribution is -2.42. The second kappa shape index (κ2) is 10.1. The van der Waals surface area contributed by atoms with Crippen LogP contribution in [0.3, 0.4) is 0 Å². The average molecular weight is 432 g/mol. The van der Waals surface area contributed by atoms with Crippen molar-refractivity contribution in [3.05, 3.63) is 65.2 Å². The highest BCUT2D eigenvalue weighted by atomic mass is 32.2. The molecule has 7 heteroatoms. The Labute approximate surface area is 180 Å². The van der Waals surface area contributed by atoms with Gasteiger partial charge in [0.25, 0.3) is 0 Å². The monoisotopic (exact) mass is 431 g/mol. The molecule has 0 unspecified atom stereocenters. The number of carbonyl (C=O) groups excluding carboxylic acids is 1. The molecule has 0 bridgehead atoms. The van der Waals surface area contributed by atoms with Gasteiger partial charge in [-0.3, -0.25) is 0 Å². The Balaban J connectivity index is 1.90. The second-order valence-corrected chi connectivity index (χ2v) is 9.96. The number of benzene rings is 2. The largest absolute Gasteiger partial charge is 0.337 e. The lowest BCUT2D eigenvalue weighted by Gasteiger charge is -2.26. The molecule has 2 rings (SSSR count). The number of amides is 2. The molecule has 0 saturated carbocycles. The smallest absolute Gasteiger partial charge is 0.315 e. The molecule has 2 aromatic carbocycles. The van der Waals surface area contributed by atoms with Crippen LogP contribution in [0.4, 0.5) is 4.79 Å². The Kier molecular flexibility index (Phi) is 8.03. The van der Waals surface area contributed by atoms with Gasteiger partial charge in [0, 0.05) is 31.6 Å². The molecule has 164 valence electrons. The molecule has 0 spiro atoms. The van der Waals surface area contributed by atoms with Crippen molar-refractivity contribution >= 4 is 16.1 Å². The van der Waals surface area contributed by atoms with E-state index in [9.17, 15) is 13.2 Å². The zero-order valence-corrected chi connectivity index (χ0v) is 19.3. The number of aryl methyl sites for hydroxylation is 1. The van der Waals surface area contributed by atoms with E-state index in [0.717, 1.165) is 5.56 Å². The highest BCUT2D eigenvalue weighted by molar-refractivity contribution is 7.89. The molecule has 2 N–H and O–H groups in total. The Hall–Kier alpha value is -2.38. The van der Waals surface area contributed by atoms with E-state index < -0.39 is 10.0 Å². The molecule has 0 saturated heterocycles. The summed E-state index contributed by atoms with van der Waals surface area (Å²) in [7, 11) is -3.47. The summed E-state index contributed by atoms with van der Waals surface area (Å²) in [5.41, 5.74) is 3.01.